The Bertz CT molecular complexity index is 1020. The molecule has 0 spiro atoms. The SMILES string of the molecule is O=C1NC(N2CCN(C(=O)c3ccc(-c4c(F)cccc4F)cc3)CC2)NC2CCCCC12. The number of hydrogen-bond donors (Lipinski definition) is 2. The molecule has 6 nitrogen and oxygen atoms in total. The molecule has 3 atom stereocenters. The van der Waals surface area contributed by atoms with Gasteiger partial charge in [0.05, 0.1) is 11.5 Å². The summed E-state index contributed by atoms with van der Waals surface area (Å²) >= 11 is 0. The number of fused-ring (bicyclic) bond motifs is 1. The van der Waals surface area contributed by atoms with E-state index in [1.165, 1.54) is 18.2 Å². The summed E-state index contributed by atoms with van der Waals surface area (Å²) in [5.41, 5.74) is 0.789. The van der Waals surface area contributed by atoms with Gasteiger partial charge in [0.25, 0.3) is 5.91 Å². The molecule has 2 aromatic rings. The maximum Gasteiger partial charge on any atom is 0.253 e. The topological polar surface area (TPSA) is 64.7 Å². The van der Waals surface area contributed by atoms with Crippen LogP contribution >= 0.6 is 0 Å². The molecule has 0 aromatic heterocycles. The molecular weight excluding hydrogens is 426 g/mol. The third-order valence-electron chi connectivity index (χ3n) is 7.10. The third-order valence-corrected chi connectivity index (χ3v) is 7.10. The van der Waals surface area contributed by atoms with E-state index in [1.807, 2.05) is 0 Å². The average molecular weight is 455 g/mol. The van der Waals surface area contributed by atoms with Crippen LogP contribution in [0.15, 0.2) is 42.5 Å². The lowest BCUT2D eigenvalue weighted by atomic mass is 9.82. The van der Waals surface area contributed by atoms with E-state index in [1.54, 1.807) is 29.2 Å². The highest BCUT2D eigenvalue weighted by Crippen LogP contribution is 2.28. The molecular formula is C25H28F2N4O2. The highest BCUT2D eigenvalue weighted by Gasteiger charge is 2.40. The van der Waals surface area contributed by atoms with Crippen molar-refractivity contribution in [3.05, 3.63) is 59.7 Å². The second-order valence-electron chi connectivity index (χ2n) is 9.08. The van der Waals surface area contributed by atoms with E-state index in [9.17, 15) is 18.4 Å². The monoisotopic (exact) mass is 454 g/mol. The molecule has 8 heteroatoms. The van der Waals surface area contributed by atoms with Crippen molar-refractivity contribution in [3.8, 4) is 11.1 Å². The van der Waals surface area contributed by atoms with Gasteiger partial charge in [-0.25, -0.2) is 8.78 Å². The maximum atomic E-state index is 14.0. The Kier molecular flexibility index (Phi) is 6.12. The van der Waals surface area contributed by atoms with Gasteiger partial charge in [-0.15, -0.1) is 0 Å². The minimum atomic E-state index is -0.631. The number of nitrogens with zero attached hydrogens (tertiary/aromatic N) is 2. The molecule has 2 aromatic carbocycles. The number of piperazine rings is 1. The Morgan fingerprint density at radius 1 is 0.909 bits per heavy atom. The highest BCUT2D eigenvalue weighted by molar-refractivity contribution is 5.94. The highest BCUT2D eigenvalue weighted by atomic mass is 19.1. The van der Waals surface area contributed by atoms with E-state index in [4.69, 9.17) is 0 Å². The van der Waals surface area contributed by atoms with Crippen LogP contribution in [-0.4, -0.2) is 60.1 Å². The summed E-state index contributed by atoms with van der Waals surface area (Å²) < 4.78 is 28.1. The molecule has 5 rings (SSSR count). The molecule has 3 aliphatic rings. The number of nitrogens with one attached hydrogen (secondary N) is 2. The molecule has 174 valence electrons. The van der Waals surface area contributed by atoms with Crippen LogP contribution in [0, 0.1) is 17.6 Å². The fourth-order valence-electron chi connectivity index (χ4n) is 5.25. The fraction of sp³-hybridized carbons (Fsp3) is 0.440. The number of carbonyl (C=O) groups excluding carboxylic acids is 2. The van der Waals surface area contributed by atoms with Gasteiger partial charge >= 0.3 is 0 Å². The second-order valence-corrected chi connectivity index (χ2v) is 9.08. The smallest absolute Gasteiger partial charge is 0.253 e. The Morgan fingerprint density at radius 2 is 1.58 bits per heavy atom. The number of rotatable bonds is 3. The first kappa shape index (κ1) is 22.0. The first-order valence-electron chi connectivity index (χ1n) is 11.7. The number of amides is 2. The maximum absolute atomic E-state index is 14.0. The zero-order valence-electron chi connectivity index (χ0n) is 18.4. The lowest BCUT2D eigenvalue weighted by Crippen LogP contribution is -2.69. The Balaban J connectivity index is 1.20. The van der Waals surface area contributed by atoms with Gasteiger partial charge in [-0.05, 0) is 42.7 Å². The molecule has 1 aliphatic carbocycles. The average Bonchev–Trinajstić information content (AvgIpc) is 2.84. The molecule has 3 fully saturated rings. The molecule has 2 aliphatic heterocycles. The minimum Gasteiger partial charge on any atom is -0.336 e. The Morgan fingerprint density at radius 3 is 2.27 bits per heavy atom. The van der Waals surface area contributed by atoms with Crippen LogP contribution < -0.4 is 10.6 Å². The van der Waals surface area contributed by atoms with Gasteiger partial charge in [-0.1, -0.05) is 31.0 Å². The minimum absolute atomic E-state index is 0.0682. The summed E-state index contributed by atoms with van der Waals surface area (Å²) in [5.74, 6) is -1.17. The van der Waals surface area contributed by atoms with Gasteiger partial charge in [0.15, 0.2) is 0 Å². The summed E-state index contributed by atoms with van der Waals surface area (Å²) in [4.78, 5) is 29.5. The van der Waals surface area contributed by atoms with Crippen molar-refractivity contribution in [1.82, 2.24) is 20.4 Å². The lowest BCUT2D eigenvalue weighted by molar-refractivity contribution is -0.134. The molecule has 2 heterocycles. The van der Waals surface area contributed by atoms with Gasteiger partial charge in [-0.2, -0.15) is 0 Å². The van der Waals surface area contributed by atoms with E-state index >= 15 is 0 Å². The van der Waals surface area contributed by atoms with E-state index < -0.39 is 11.6 Å². The Hall–Kier alpha value is -2.84. The van der Waals surface area contributed by atoms with Crippen molar-refractivity contribution in [2.45, 2.75) is 38.0 Å². The van der Waals surface area contributed by atoms with Crippen molar-refractivity contribution >= 4 is 11.8 Å². The molecule has 2 amide bonds. The zero-order chi connectivity index (χ0) is 22.9. The van der Waals surface area contributed by atoms with Crippen LogP contribution in [0.4, 0.5) is 8.78 Å². The Labute approximate surface area is 191 Å². The quantitative estimate of drug-likeness (QED) is 0.749. The van der Waals surface area contributed by atoms with Gasteiger partial charge in [0, 0.05) is 37.8 Å². The molecule has 0 bridgehead atoms. The summed E-state index contributed by atoms with van der Waals surface area (Å²) in [6, 6.07) is 10.4. The fourth-order valence-corrected chi connectivity index (χ4v) is 5.25. The standard InChI is InChI=1S/C25H28F2N4O2/c26-19-5-3-6-20(27)22(19)16-8-10-17(11-9-16)24(33)30-12-14-31(15-13-30)25-28-21-7-2-1-4-18(21)23(32)29-25/h3,5-6,8-11,18,21,25,28H,1-2,4,7,12-15H2,(H,29,32). The van der Waals surface area contributed by atoms with Crippen LogP contribution in [0.2, 0.25) is 0 Å². The number of benzene rings is 2. The van der Waals surface area contributed by atoms with Crippen LogP contribution in [-0.2, 0) is 4.79 Å². The van der Waals surface area contributed by atoms with Gasteiger partial charge in [-0.3, -0.25) is 19.8 Å². The zero-order valence-corrected chi connectivity index (χ0v) is 18.4. The first-order valence-corrected chi connectivity index (χ1v) is 11.7. The van der Waals surface area contributed by atoms with Crippen molar-refractivity contribution in [2.24, 2.45) is 5.92 Å². The summed E-state index contributed by atoms with van der Waals surface area (Å²) in [5, 5.41) is 6.69. The van der Waals surface area contributed by atoms with E-state index in [0.29, 0.717) is 37.3 Å². The molecule has 33 heavy (non-hydrogen) atoms. The van der Waals surface area contributed by atoms with Crippen molar-refractivity contribution in [3.63, 3.8) is 0 Å². The van der Waals surface area contributed by atoms with Crippen molar-refractivity contribution in [2.75, 3.05) is 26.2 Å². The predicted molar refractivity (Wildman–Crippen MR) is 120 cm³/mol. The van der Waals surface area contributed by atoms with Crippen molar-refractivity contribution < 1.29 is 18.4 Å². The predicted octanol–water partition coefficient (Wildman–Crippen LogP) is 2.95. The second kappa shape index (κ2) is 9.19. The van der Waals surface area contributed by atoms with Gasteiger partial charge in [0.1, 0.15) is 17.9 Å². The van der Waals surface area contributed by atoms with Crippen LogP contribution in [0.3, 0.4) is 0 Å². The van der Waals surface area contributed by atoms with Crippen LogP contribution in [0.25, 0.3) is 11.1 Å². The number of carbonyl (C=O) groups is 2. The molecule has 2 saturated heterocycles. The first-order chi connectivity index (χ1) is 16.0. The lowest BCUT2D eigenvalue weighted by Gasteiger charge is -2.46. The van der Waals surface area contributed by atoms with Gasteiger partial charge in [0.2, 0.25) is 5.91 Å². The number of halogens is 2. The van der Waals surface area contributed by atoms with Crippen LogP contribution in [0.5, 0.6) is 0 Å². The molecule has 2 N–H and O–H groups in total. The number of hydrogen-bond acceptors (Lipinski definition) is 4. The molecule has 0 radical (unpaired) electrons. The normalized spacial score (nSPS) is 25.9. The largest absolute Gasteiger partial charge is 0.336 e. The van der Waals surface area contributed by atoms with Crippen LogP contribution in [0.1, 0.15) is 36.0 Å². The van der Waals surface area contributed by atoms with E-state index in [0.717, 1.165) is 25.7 Å². The summed E-state index contributed by atoms with van der Waals surface area (Å²) in [6.45, 7) is 2.40. The molecule has 3 unspecified atom stereocenters. The van der Waals surface area contributed by atoms with Crippen molar-refractivity contribution in [1.29, 1.82) is 0 Å². The van der Waals surface area contributed by atoms with Gasteiger partial charge < -0.3 is 10.2 Å². The molecule has 1 saturated carbocycles. The summed E-state index contributed by atoms with van der Waals surface area (Å²) in [7, 11) is 0. The van der Waals surface area contributed by atoms with E-state index in [2.05, 4.69) is 15.5 Å². The van der Waals surface area contributed by atoms with E-state index in [-0.39, 0.29) is 35.6 Å². The third kappa shape index (κ3) is 4.37. The summed E-state index contributed by atoms with van der Waals surface area (Å²) in [6.07, 6.45) is 4.04.